The molecule has 2 N–H and O–H groups in total. The molecule has 386 valence electrons. The molecule has 0 bridgehead atoms. The fourth-order valence-electron chi connectivity index (χ4n) is 12.3. The van der Waals surface area contributed by atoms with Gasteiger partial charge < -0.3 is 19.7 Å². The molecule has 4 nitrogen and oxygen atoms in total. The predicted octanol–water partition coefficient (Wildman–Crippen LogP) is 21.3. The normalized spacial score (nSPS) is 12.0. The van der Waals surface area contributed by atoms with E-state index >= 15 is 0 Å². The average Bonchev–Trinajstić information content (AvgIpc) is 4.15. The van der Waals surface area contributed by atoms with Crippen molar-refractivity contribution in [2.45, 2.75) is 20.3 Å². The molecular formula is C77H56N2O2. The van der Waals surface area contributed by atoms with E-state index in [9.17, 15) is 10.2 Å². The first-order chi connectivity index (χ1) is 39.9. The summed E-state index contributed by atoms with van der Waals surface area (Å²) in [6, 6.07) is 92.4. The van der Waals surface area contributed by atoms with Crippen molar-refractivity contribution < 1.29 is 10.2 Å². The van der Waals surface area contributed by atoms with Crippen LogP contribution < -0.4 is 4.90 Å². The molecule has 81 heavy (non-hydrogen) atoms. The smallest absolute Gasteiger partial charge is 0.124 e. The summed E-state index contributed by atoms with van der Waals surface area (Å²) in [6.07, 6.45) is 7.31. The fourth-order valence-corrected chi connectivity index (χ4v) is 12.3. The molecule has 0 radical (unpaired) electrons. The Labute approximate surface area is 471 Å². The largest absolute Gasteiger partial charge is 0.507 e. The maximum Gasteiger partial charge on any atom is 0.124 e. The minimum atomic E-state index is 0.264. The van der Waals surface area contributed by atoms with E-state index in [2.05, 4.69) is 265 Å². The lowest BCUT2D eigenvalue weighted by Crippen LogP contribution is -2.10. The summed E-state index contributed by atoms with van der Waals surface area (Å²) >= 11 is 0. The van der Waals surface area contributed by atoms with Crippen molar-refractivity contribution in [3.63, 3.8) is 0 Å². The number of phenolic OH excluding ortho intramolecular Hbond substituents is 2. The topological polar surface area (TPSA) is 48.6 Å². The second kappa shape index (κ2) is 20.4. The van der Waals surface area contributed by atoms with Crippen molar-refractivity contribution in [1.82, 2.24) is 4.57 Å². The minimum Gasteiger partial charge on any atom is -0.507 e. The molecule has 0 amide bonds. The summed E-state index contributed by atoms with van der Waals surface area (Å²) < 4.78 is 2.34. The number of hydrogen-bond donors (Lipinski definition) is 2. The summed E-state index contributed by atoms with van der Waals surface area (Å²) in [6.45, 7) is 4.25. The van der Waals surface area contributed by atoms with Crippen molar-refractivity contribution in [2.75, 3.05) is 4.90 Å². The van der Waals surface area contributed by atoms with Crippen molar-refractivity contribution in [3.8, 4) is 61.7 Å². The van der Waals surface area contributed by atoms with Crippen LogP contribution in [-0.4, -0.2) is 14.8 Å². The van der Waals surface area contributed by atoms with Gasteiger partial charge in [-0.05, 0) is 192 Å². The van der Waals surface area contributed by atoms with Gasteiger partial charge in [-0.25, -0.2) is 0 Å². The van der Waals surface area contributed by atoms with Crippen LogP contribution in [0, 0.1) is 0 Å². The Hall–Kier alpha value is -10.4. The Balaban J connectivity index is 0.805. The van der Waals surface area contributed by atoms with Gasteiger partial charge in [-0.1, -0.05) is 195 Å². The van der Waals surface area contributed by atoms with Crippen LogP contribution in [0.5, 0.6) is 11.5 Å². The summed E-state index contributed by atoms with van der Waals surface area (Å²) in [5.74, 6) is 0.548. The number of fused-ring (bicyclic) bond motifs is 9. The van der Waals surface area contributed by atoms with Crippen molar-refractivity contribution in [1.29, 1.82) is 0 Å². The Morgan fingerprint density at radius 1 is 0.395 bits per heavy atom. The molecule has 0 saturated carbocycles. The Morgan fingerprint density at radius 2 is 0.914 bits per heavy atom. The molecule has 0 saturated heterocycles. The van der Waals surface area contributed by atoms with Crippen LogP contribution in [0.15, 0.2) is 279 Å². The lowest BCUT2D eigenvalue weighted by molar-refractivity contribution is 0.481. The van der Waals surface area contributed by atoms with Crippen LogP contribution in [0.2, 0.25) is 0 Å². The van der Waals surface area contributed by atoms with Gasteiger partial charge in [0.25, 0.3) is 0 Å². The molecule has 0 unspecified atom stereocenters. The first kappa shape index (κ1) is 48.9. The number of anilines is 3. The summed E-state index contributed by atoms with van der Waals surface area (Å²) in [5, 5.41) is 33.2. The maximum absolute atomic E-state index is 11.7. The minimum absolute atomic E-state index is 0.264. The SMILES string of the molecule is CC=CC=C(CC)c1ccc(N(c2ccc(-c3cccc(-c4ccc5ccc6c(-c7ccc8c(c7)c7ccccc7n8-c7ccccc7)ccc(O)c6c5c4)c3)cc2)c2ccc(-c3ccc(O)c4c3ccc3ccccc34)cc2)cc1. The molecule has 0 aliphatic rings. The predicted molar refractivity (Wildman–Crippen MR) is 344 cm³/mol. The molecule has 0 atom stereocenters. The number of para-hydroxylation sites is 2. The van der Waals surface area contributed by atoms with Crippen molar-refractivity contribution in [3.05, 3.63) is 285 Å². The second-order valence-electron chi connectivity index (χ2n) is 20.9. The van der Waals surface area contributed by atoms with E-state index in [0.29, 0.717) is 0 Å². The molecule has 14 rings (SSSR count). The van der Waals surface area contributed by atoms with Gasteiger partial charge in [0.1, 0.15) is 11.5 Å². The van der Waals surface area contributed by atoms with Crippen LogP contribution in [0.4, 0.5) is 17.1 Å². The third-order valence-corrected chi connectivity index (χ3v) is 16.3. The number of rotatable bonds is 11. The van der Waals surface area contributed by atoms with Crippen LogP contribution in [-0.2, 0) is 0 Å². The molecule has 1 aromatic heterocycles. The molecular weight excluding hydrogens is 985 g/mol. The van der Waals surface area contributed by atoms with Gasteiger partial charge in [0.2, 0.25) is 0 Å². The second-order valence-corrected chi connectivity index (χ2v) is 20.9. The zero-order valence-corrected chi connectivity index (χ0v) is 45.1. The van der Waals surface area contributed by atoms with Gasteiger partial charge in [-0.2, -0.15) is 0 Å². The van der Waals surface area contributed by atoms with E-state index < -0.39 is 0 Å². The molecule has 0 aliphatic carbocycles. The van der Waals surface area contributed by atoms with E-state index in [1.54, 1.807) is 0 Å². The van der Waals surface area contributed by atoms with Crippen LogP contribution in [0.3, 0.4) is 0 Å². The van der Waals surface area contributed by atoms with E-state index in [1.165, 1.54) is 27.4 Å². The Bertz CT molecular complexity index is 4800. The highest BCUT2D eigenvalue weighted by atomic mass is 16.3. The highest BCUT2D eigenvalue weighted by Gasteiger charge is 2.19. The van der Waals surface area contributed by atoms with Crippen molar-refractivity contribution in [2.24, 2.45) is 0 Å². The van der Waals surface area contributed by atoms with Crippen molar-refractivity contribution >= 4 is 87.5 Å². The Morgan fingerprint density at radius 3 is 1.60 bits per heavy atom. The lowest BCUT2D eigenvalue weighted by Gasteiger charge is -2.26. The third-order valence-electron chi connectivity index (χ3n) is 16.3. The lowest BCUT2D eigenvalue weighted by atomic mass is 9.91. The van der Waals surface area contributed by atoms with Crippen LogP contribution in [0.25, 0.3) is 121 Å². The first-order valence-electron chi connectivity index (χ1n) is 27.9. The average molecular weight is 1040 g/mol. The number of allylic oxidation sites excluding steroid dienone is 4. The number of aromatic hydroxyl groups is 2. The number of hydrogen-bond acceptors (Lipinski definition) is 3. The number of benzene rings is 13. The van der Waals surface area contributed by atoms with E-state index in [0.717, 1.165) is 122 Å². The van der Waals surface area contributed by atoms with Gasteiger partial charge in [-0.15, -0.1) is 0 Å². The Kier molecular flexibility index (Phi) is 12.3. The molecule has 0 spiro atoms. The summed E-state index contributed by atoms with van der Waals surface area (Å²) in [5.41, 5.74) is 17.8. The highest BCUT2D eigenvalue weighted by Crippen LogP contribution is 2.44. The summed E-state index contributed by atoms with van der Waals surface area (Å²) in [4.78, 5) is 2.32. The third kappa shape index (κ3) is 8.66. The fraction of sp³-hybridized carbons (Fsp3) is 0.0390. The van der Waals surface area contributed by atoms with Gasteiger partial charge in [0.05, 0.1) is 11.0 Å². The maximum atomic E-state index is 11.7. The molecule has 13 aromatic carbocycles. The molecule has 1 heterocycles. The summed E-state index contributed by atoms with van der Waals surface area (Å²) in [7, 11) is 0. The van der Waals surface area contributed by atoms with Gasteiger partial charge in [0, 0.05) is 44.3 Å². The molecule has 14 aromatic rings. The van der Waals surface area contributed by atoms with Gasteiger partial charge in [0.15, 0.2) is 0 Å². The van der Waals surface area contributed by atoms with Gasteiger partial charge in [-0.3, -0.25) is 0 Å². The number of nitrogens with zero attached hydrogens (tertiary/aromatic N) is 2. The van der Waals surface area contributed by atoms with E-state index in [-0.39, 0.29) is 11.5 Å². The van der Waals surface area contributed by atoms with E-state index in [1.807, 2.05) is 37.3 Å². The van der Waals surface area contributed by atoms with Crippen LogP contribution >= 0.6 is 0 Å². The molecule has 0 aliphatic heterocycles. The number of aromatic nitrogens is 1. The standard InChI is InChI=1S/C77H56N2O2/c1-3-5-14-50(4-2)51-25-34-61(35-26-51)78(63-38-29-54(30-39-63)64-42-45-74(80)76-66-20-10-9-15-53(66)31-40-68(64)76)62-36-27-52(28-37-62)56-16-13-17-57(47-56)58-24-23-55-32-41-69-65(43-46-75(81)77(69)70(55)48-58)59-33-44-73-71(49-59)67-21-11-12-22-72(67)79(73)60-18-7-6-8-19-60/h3,5-49,80-81H,4H2,1-2H3. The monoisotopic (exact) mass is 1040 g/mol. The first-order valence-corrected chi connectivity index (χ1v) is 27.9. The molecule has 4 heteroatoms. The zero-order chi connectivity index (χ0) is 54.6. The zero-order valence-electron chi connectivity index (χ0n) is 45.1. The quantitative estimate of drug-likeness (QED) is 0.100. The number of phenols is 2. The highest BCUT2D eigenvalue weighted by molar-refractivity contribution is 6.18. The van der Waals surface area contributed by atoms with Crippen LogP contribution in [0.1, 0.15) is 25.8 Å². The van der Waals surface area contributed by atoms with E-state index in [4.69, 9.17) is 0 Å². The molecule has 0 fully saturated rings. The van der Waals surface area contributed by atoms with Gasteiger partial charge >= 0.3 is 0 Å².